The molecule has 1 aliphatic heterocycles. The number of carbonyl (C=O) groups is 2. The average molecular weight is 419 g/mol. The minimum Gasteiger partial charge on any atom is -0.448 e. The van der Waals surface area contributed by atoms with E-state index in [-0.39, 0.29) is 18.9 Å². The molecule has 0 bridgehead atoms. The van der Waals surface area contributed by atoms with Crippen LogP contribution in [-0.2, 0) is 22.4 Å². The summed E-state index contributed by atoms with van der Waals surface area (Å²) in [6.07, 6.45) is 5.66. The Morgan fingerprint density at radius 1 is 1.17 bits per heavy atom. The highest BCUT2D eigenvalue weighted by Crippen LogP contribution is 2.24. The molecule has 1 saturated heterocycles. The average Bonchev–Trinajstić information content (AvgIpc) is 3.15. The van der Waals surface area contributed by atoms with Crippen molar-refractivity contribution in [2.75, 3.05) is 19.7 Å². The molecule has 0 saturated carbocycles. The zero-order valence-electron chi connectivity index (χ0n) is 17.2. The molecule has 8 heteroatoms. The number of hydrazine groups is 1. The number of rotatable bonds is 5. The van der Waals surface area contributed by atoms with E-state index in [0.717, 1.165) is 41.6 Å². The van der Waals surface area contributed by atoms with Gasteiger partial charge in [0.15, 0.2) is 0 Å². The van der Waals surface area contributed by atoms with Crippen LogP contribution >= 0.6 is 11.6 Å². The standard InChI is InChI=1S/C21H27ClN4O3/c1-4-16-11-18(24-14-17(22)13-23-24)10-15(3)19(16)12-20(27)25-8-6-7-9-26(25)21(28)29-5-2/h10-11,13-14H,4-9,12H2,1-3H3. The summed E-state index contributed by atoms with van der Waals surface area (Å²) in [5, 5.41) is 7.82. The van der Waals surface area contributed by atoms with Gasteiger partial charge in [-0.25, -0.2) is 19.5 Å². The van der Waals surface area contributed by atoms with Gasteiger partial charge in [0.25, 0.3) is 0 Å². The molecule has 0 radical (unpaired) electrons. The maximum Gasteiger partial charge on any atom is 0.428 e. The molecule has 3 rings (SSSR count). The van der Waals surface area contributed by atoms with E-state index in [1.807, 2.05) is 19.1 Å². The van der Waals surface area contributed by atoms with Crippen LogP contribution in [0.2, 0.25) is 5.02 Å². The number of ether oxygens (including phenoxy) is 1. The molecule has 7 nitrogen and oxygen atoms in total. The second-order valence-corrected chi connectivity index (χ2v) is 7.52. The first-order chi connectivity index (χ1) is 13.9. The third-order valence-electron chi connectivity index (χ3n) is 5.12. The van der Waals surface area contributed by atoms with Crippen molar-refractivity contribution in [3.05, 3.63) is 46.2 Å². The van der Waals surface area contributed by atoms with E-state index in [1.165, 1.54) is 5.01 Å². The maximum atomic E-state index is 13.1. The third kappa shape index (κ3) is 4.72. The molecular weight excluding hydrogens is 392 g/mol. The highest BCUT2D eigenvalue weighted by molar-refractivity contribution is 6.30. The fraction of sp³-hybridized carbons (Fsp3) is 0.476. The number of carbonyl (C=O) groups excluding carboxylic acids is 2. The summed E-state index contributed by atoms with van der Waals surface area (Å²) in [6.45, 7) is 7.14. The van der Waals surface area contributed by atoms with Crippen LogP contribution in [0, 0.1) is 6.92 Å². The van der Waals surface area contributed by atoms with Crippen LogP contribution in [0.5, 0.6) is 0 Å². The number of aryl methyl sites for hydroxylation is 2. The van der Waals surface area contributed by atoms with Crippen LogP contribution in [0.1, 0.15) is 43.4 Å². The number of amides is 2. The minimum absolute atomic E-state index is 0.0922. The molecule has 1 aliphatic rings. The lowest BCUT2D eigenvalue weighted by molar-refractivity contribution is -0.148. The van der Waals surface area contributed by atoms with E-state index < -0.39 is 6.09 Å². The number of hydrogen-bond acceptors (Lipinski definition) is 4. The predicted molar refractivity (Wildman–Crippen MR) is 111 cm³/mol. The topological polar surface area (TPSA) is 67.7 Å². The minimum atomic E-state index is -0.459. The van der Waals surface area contributed by atoms with Gasteiger partial charge in [-0.1, -0.05) is 18.5 Å². The molecule has 29 heavy (non-hydrogen) atoms. The summed E-state index contributed by atoms with van der Waals surface area (Å²) in [4.78, 5) is 25.4. The van der Waals surface area contributed by atoms with Gasteiger partial charge in [0.1, 0.15) is 0 Å². The van der Waals surface area contributed by atoms with Crippen LogP contribution in [0.4, 0.5) is 4.79 Å². The summed E-state index contributed by atoms with van der Waals surface area (Å²) in [5.74, 6) is -0.0922. The number of halogens is 1. The van der Waals surface area contributed by atoms with Gasteiger partial charge in [-0.05, 0) is 61.9 Å². The van der Waals surface area contributed by atoms with Gasteiger partial charge < -0.3 is 4.74 Å². The Kier molecular flexibility index (Phi) is 6.79. The van der Waals surface area contributed by atoms with Gasteiger partial charge >= 0.3 is 6.09 Å². The van der Waals surface area contributed by atoms with Crippen molar-refractivity contribution in [3.63, 3.8) is 0 Å². The van der Waals surface area contributed by atoms with Crippen molar-refractivity contribution >= 4 is 23.6 Å². The second kappa shape index (κ2) is 9.31. The Morgan fingerprint density at radius 3 is 2.52 bits per heavy atom. The van der Waals surface area contributed by atoms with Crippen molar-refractivity contribution in [2.24, 2.45) is 0 Å². The van der Waals surface area contributed by atoms with Crippen molar-refractivity contribution < 1.29 is 14.3 Å². The molecule has 0 aliphatic carbocycles. The Morgan fingerprint density at radius 2 is 1.90 bits per heavy atom. The lowest BCUT2D eigenvalue weighted by atomic mass is 9.96. The Bertz CT molecular complexity index is 896. The molecule has 1 aromatic carbocycles. The van der Waals surface area contributed by atoms with E-state index in [4.69, 9.17) is 16.3 Å². The van der Waals surface area contributed by atoms with E-state index in [0.29, 0.717) is 18.1 Å². The summed E-state index contributed by atoms with van der Waals surface area (Å²) in [7, 11) is 0. The quantitative estimate of drug-likeness (QED) is 0.737. The molecule has 2 aromatic rings. The zero-order valence-corrected chi connectivity index (χ0v) is 17.9. The van der Waals surface area contributed by atoms with E-state index >= 15 is 0 Å². The summed E-state index contributed by atoms with van der Waals surface area (Å²) in [6, 6.07) is 4.04. The van der Waals surface area contributed by atoms with Crippen LogP contribution in [-0.4, -0.2) is 51.5 Å². The molecule has 1 aromatic heterocycles. The lowest BCUT2D eigenvalue weighted by Gasteiger charge is -2.37. The fourth-order valence-corrected chi connectivity index (χ4v) is 3.80. The first kappa shape index (κ1) is 21.2. The van der Waals surface area contributed by atoms with E-state index in [1.54, 1.807) is 29.0 Å². The molecule has 0 atom stereocenters. The Labute approximate surface area is 176 Å². The van der Waals surface area contributed by atoms with Crippen LogP contribution in [0.25, 0.3) is 5.69 Å². The predicted octanol–water partition coefficient (Wildman–Crippen LogP) is 3.93. The van der Waals surface area contributed by atoms with Crippen LogP contribution < -0.4 is 0 Å². The van der Waals surface area contributed by atoms with Crippen LogP contribution in [0.15, 0.2) is 24.5 Å². The lowest BCUT2D eigenvalue weighted by Crippen LogP contribution is -2.53. The van der Waals surface area contributed by atoms with Gasteiger partial charge in [0.2, 0.25) is 5.91 Å². The highest BCUT2D eigenvalue weighted by Gasteiger charge is 2.30. The van der Waals surface area contributed by atoms with E-state index in [9.17, 15) is 9.59 Å². The van der Waals surface area contributed by atoms with Gasteiger partial charge in [-0.15, -0.1) is 0 Å². The number of benzene rings is 1. The summed E-state index contributed by atoms with van der Waals surface area (Å²) in [5.41, 5.74) is 4.00. The first-order valence-electron chi connectivity index (χ1n) is 10.0. The van der Waals surface area contributed by atoms with Gasteiger partial charge in [-0.3, -0.25) is 4.79 Å². The monoisotopic (exact) mass is 418 g/mol. The van der Waals surface area contributed by atoms with Crippen molar-refractivity contribution in [3.8, 4) is 5.69 Å². The SMILES string of the molecule is CCOC(=O)N1CCCCN1C(=O)Cc1c(C)cc(-n2cc(Cl)cn2)cc1CC. The van der Waals surface area contributed by atoms with Gasteiger partial charge in [-0.2, -0.15) is 5.10 Å². The molecule has 2 amide bonds. The molecule has 0 N–H and O–H groups in total. The molecule has 0 spiro atoms. The van der Waals surface area contributed by atoms with Crippen LogP contribution in [0.3, 0.4) is 0 Å². The summed E-state index contributed by atoms with van der Waals surface area (Å²) >= 11 is 6.00. The summed E-state index contributed by atoms with van der Waals surface area (Å²) < 4.78 is 6.85. The smallest absolute Gasteiger partial charge is 0.428 e. The van der Waals surface area contributed by atoms with Crippen molar-refractivity contribution in [1.29, 1.82) is 0 Å². The first-order valence-corrected chi connectivity index (χ1v) is 10.4. The van der Waals surface area contributed by atoms with E-state index in [2.05, 4.69) is 12.0 Å². The molecule has 1 fully saturated rings. The molecule has 156 valence electrons. The number of hydrogen-bond donors (Lipinski definition) is 0. The normalized spacial score (nSPS) is 14.2. The van der Waals surface area contributed by atoms with Gasteiger partial charge in [0, 0.05) is 19.3 Å². The van der Waals surface area contributed by atoms with Crippen molar-refractivity contribution in [1.82, 2.24) is 19.8 Å². The third-order valence-corrected chi connectivity index (χ3v) is 5.32. The van der Waals surface area contributed by atoms with Gasteiger partial charge in [0.05, 0.1) is 29.9 Å². The Hall–Kier alpha value is -2.54. The van der Waals surface area contributed by atoms with Crippen molar-refractivity contribution in [2.45, 2.75) is 46.5 Å². The highest BCUT2D eigenvalue weighted by atomic mass is 35.5. The molecular formula is C21H27ClN4O3. The second-order valence-electron chi connectivity index (χ2n) is 7.08. The molecule has 2 heterocycles. The maximum absolute atomic E-state index is 13.1. The Balaban J connectivity index is 1.84. The zero-order chi connectivity index (χ0) is 21.0. The molecule has 0 unspecified atom stereocenters. The number of aromatic nitrogens is 2. The largest absolute Gasteiger partial charge is 0.448 e. The number of nitrogens with zero attached hydrogens (tertiary/aromatic N) is 4. The fourth-order valence-electron chi connectivity index (χ4n) is 3.67.